The number of rotatable bonds is 6. The van der Waals surface area contributed by atoms with Crippen LogP contribution in [-0.2, 0) is 9.53 Å². The summed E-state index contributed by atoms with van der Waals surface area (Å²) in [6, 6.07) is 23.4. The molecular formula is C30H20N2O7. The largest absolute Gasteiger partial charge is 0.443 e. The molecule has 5 rings (SSSR count). The van der Waals surface area contributed by atoms with Crippen molar-refractivity contribution in [2.45, 2.75) is 13.0 Å². The Morgan fingerprint density at radius 1 is 0.795 bits per heavy atom. The van der Waals surface area contributed by atoms with Crippen LogP contribution in [0.4, 0.5) is 11.4 Å². The Kier molecular flexibility index (Phi) is 6.56. The number of anilines is 1. The monoisotopic (exact) mass is 520 g/mol. The molecule has 1 atom stereocenters. The highest BCUT2D eigenvalue weighted by Crippen LogP contribution is 2.36. The Balaban J connectivity index is 1.54. The molecular weight excluding hydrogens is 500 g/mol. The van der Waals surface area contributed by atoms with Crippen LogP contribution in [0.5, 0.6) is 0 Å². The summed E-state index contributed by atoms with van der Waals surface area (Å²) >= 11 is 0. The third-order valence-corrected chi connectivity index (χ3v) is 6.35. The summed E-state index contributed by atoms with van der Waals surface area (Å²) in [7, 11) is 0. The highest BCUT2D eigenvalue weighted by Gasteiger charge is 2.40. The van der Waals surface area contributed by atoms with Gasteiger partial charge >= 0.3 is 5.97 Å². The summed E-state index contributed by atoms with van der Waals surface area (Å²) in [6.07, 6.45) is -1.46. The average molecular weight is 520 g/mol. The molecule has 192 valence electrons. The number of aryl methyl sites for hydroxylation is 1. The molecule has 0 spiro atoms. The lowest BCUT2D eigenvalue weighted by Crippen LogP contribution is -2.27. The number of nitro benzene ring substituents is 1. The molecule has 0 saturated heterocycles. The quantitative estimate of drug-likeness (QED) is 0.184. The van der Waals surface area contributed by atoms with E-state index < -0.39 is 51.3 Å². The van der Waals surface area contributed by atoms with Crippen LogP contribution in [0.3, 0.4) is 0 Å². The summed E-state index contributed by atoms with van der Waals surface area (Å²) in [5, 5.41) is 14.9. The standard InChI is InChI=1S/C30H20N2O7/c1-17-11-13-19(14-12-17)31-29(35)28(18-7-3-2-4-8-18)39-30(36)23-16-15-22-24(25(23)32(37)38)27(34)21-10-6-5-9-20(21)26(22)33/h2-16,28H,1H3,(H,31,35). The van der Waals surface area contributed by atoms with E-state index in [4.69, 9.17) is 4.74 Å². The van der Waals surface area contributed by atoms with Crippen LogP contribution in [-0.4, -0.2) is 28.4 Å². The Labute approximate surface area is 222 Å². The molecule has 0 fully saturated rings. The van der Waals surface area contributed by atoms with Gasteiger partial charge in [-0.1, -0.05) is 72.3 Å². The number of nitrogens with one attached hydrogen (secondary N) is 1. The third kappa shape index (κ3) is 4.69. The number of nitrogens with zero attached hydrogens (tertiary/aromatic N) is 1. The van der Waals surface area contributed by atoms with Crippen molar-refractivity contribution >= 4 is 34.8 Å². The number of nitro groups is 1. The molecule has 1 aliphatic rings. The maximum absolute atomic E-state index is 13.4. The van der Waals surface area contributed by atoms with E-state index in [0.29, 0.717) is 11.3 Å². The van der Waals surface area contributed by atoms with E-state index in [0.717, 1.165) is 11.6 Å². The number of hydrogen-bond donors (Lipinski definition) is 1. The fourth-order valence-corrected chi connectivity index (χ4v) is 4.44. The third-order valence-electron chi connectivity index (χ3n) is 6.35. The minimum atomic E-state index is -1.46. The number of fused-ring (bicyclic) bond motifs is 2. The Bertz CT molecular complexity index is 1660. The number of hydrogen-bond acceptors (Lipinski definition) is 7. The van der Waals surface area contributed by atoms with Gasteiger partial charge in [-0.25, -0.2) is 4.79 Å². The van der Waals surface area contributed by atoms with Crippen molar-refractivity contribution in [2.24, 2.45) is 0 Å². The van der Waals surface area contributed by atoms with Crippen molar-refractivity contribution in [3.63, 3.8) is 0 Å². The smallest absolute Gasteiger partial charge is 0.346 e. The van der Waals surface area contributed by atoms with Crippen LogP contribution >= 0.6 is 0 Å². The van der Waals surface area contributed by atoms with Crippen LogP contribution in [0, 0.1) is 17.0 Å². The maximum Gasteiger partial charge on any atom is 0.346 e. The van der Waals surface area contributed by atoms with Crippen molar-refractivity contribution in [1.29, 1.82) is 0 Å². The van der Waals surface area contributed by atoms with E-state index in [1.807, 2.05) is 6.92 Å². The maximum atomic E-state index is 13.4. The van der Waals surface area contributed by atoms with E-state index >= 15 is 0 Å². The van der Waals surface area contributed by atoms with Gasteiger partial charge in [-0.15, -0.1) is 0 Å². The molecule has 0 saturated carbocycles. The van der Waals surface area contributed by atoms with Gasteiger partial charge in [0.25, 0.3) is 11.6 Å². The predicted octanol–water partition coefficient (Wildman–Crippen LogP) is 5.22. The first kappa shape index (κ1) is 25.2. The highest BCUT2D eigenvalue weighted by atomic mass is 16.6. The van der Waals surface area contributed by atoms with Crippen LogP contribution in [0.25, 0.3) is 0 Å². The van der Waals surface area contributed by atoms with E-state index in [9.17, 15) is 29.3 Å². The van der Waals surface area contributed by atoms with Crippen molar-refractivity contribution in [2.75, 3.05) is 5.32 Å². The minimum absolute atomic E-state index is 0.00301. The van der Waals surface area contributed by atoms with Crippen molar-refractivity contribution in [3.05, 3.63) is 140 Å². The normalized spacial score (nSPS) is 12.6. The van der Waals surface area contributed by atoms with Gasteiger partial charge < -0.3 is 10.1 Å². The van der Waals surface area contributed by atoms with Crippen LogP contribution < -0.4 is 5.32 Å². The summed E-state index contributed by atoms with van der Waals surface area (Å²) in [6.45, 7) is 1.89. The molecule has 0 aromatic heterocycles. The number of esters is 1. The molecule has 9 heteroatoms. The molecule has 0 aliphatic heterocycles. The molecule has 0 bridgehead atoms. The number of amides is 1. The van der Waals surface area contributed by atoms with E-state index in [-0.39, 0.29) is 16.7 Å². The van der Waals surface area contributed by atoms with E-state index in [1.54, 1.807) is 60.7 Å². The zero-order valence-electron chi connectivity index (χ0n) is 20.5. The molecule has 9 nitrogen and oxygen atoms in total. The van der Waals surface area contributed by atoms with Crippen LogP contribution in [0.15, 0.2) is 91.0 Å². The Morgan fingerprint density at radius 2 is 1.41 bits per heavy atom. The molecule has 1 aliphatic carbocycles. The first-order valence-corrected chi connectivity index (χ1v) is 11.9. The fraction of sp³-hybridized carbons (Fsp3) is 0.0667. The van der Waals surface area contributed by atoms with Crippen molar-refractivity contribution < 1.29 is 28.8 Å². The second-order valence-electron chi connectivity index (χ2n) is 8.90. The van der Waals surface area contributed by atoms with Gasteiger partial charge in [0, 0.05) is 27.9 Å². The molecule has 39 heavy (non-hydrogen) atoms. The second-order valence-corrected chi connectivity index (χ2v) is 8.90. The van der Waals surface area contributed by atoms with Gasteiger partial charge in [0.15, 0.2) is 5.78 Å². The SMILES string of the molecule is Cc1ccc(NC(=O)C(OC(=O)c2ccc3c(c2[N+](=O)[O-])C(=O)c2ccccc2C3=O)c2ccccc2)cc1. The molecule has 4 aromatic rings. The molecule has 1 amide bonds. The van der Waals surface area contributed by atoms with Gasteiger partial charge in [0.05, 0.1) is 4.92 Å². The second kappa shape index (κ2) is 10.1. The highest BCUT2D eigenvalue weighted by molar-refractivity contribution is 6.30. The number of ether oxygens (including phenoxy) is 1. The lowest BCUT2D eigenvalue weighted by Gasteiger charge is -2.20. The van der Waals surface area contributed by atoms with Gasteiger partial charge in [-0.2, -0.15) is 0 Å². The lowest BCUT2D eigenvalue weighted by molar-refractivity contribution is -0.385. The zero-order chi connectivity index (χ0) is 27.7. The molecule has 1 unspecified atom stereocenters. The fourth-order valence-electron chi connectivity index (χ4n) is 4.44. The Morgan fingerprint density at radius 3 is 2.05 bits per heavy atom. The van der Waals surface area contributed by atoms with E-state index in [2.05, 4.69) is 5.32 Å². The Hall–Kier alpha value is -5.44. The summed E-state index contributed by atoms with van der Waals surface area (Å²) in [5.41, 5.74) is -0.174. The van der Waals surface area contributed by atoms with Gasteiger partial charge in [-0.3, -0.25) is 24.5 Å². The topological polar surface area (TPSA) is 133 Å². The summed E-state index contributed by atoms with van der Waals surface area (Å²) in [4.78, 5) is 64.2. The average Bonchev–Trinajstić information content (AvgIpc) is 2.95. The van der Waals surface area contributed by atoms with Gasteiger partial charge in [0.2, 0.25) is 11.9 Å². The number of ketones is 2. The first-order valence-electron chi connectivity index (χ1n) is 11.9. The number of benzene rings is 4. The van der Waals surface area contributed by atoms with Crippen molar-refractivity contribution in [3.8, 4) is 0 Å². The van der Waals surface area contributed by atoms with Gasteiger partial charge in [0.1, 0.15) is 11.1 Å². The van der Waals surface area contributed by atoms with Crippen molar-refractivity contribution in [1.82, 2.24) is 0 Å². The summed E-state index contributed by atoms with van der Waals surface area (Å²) < 4.78 is 5.54. The zero-order valence-corrected chi connectivity index (χ0v) is 20.5. The predicted molar refractivity (Wildman–Crippen MR) is 141 cm³/mol. The minimum Gasteiger partial charge on any atom is -0.443 e. The molecule has 1 N–H and O–H groups in total. The molecule has 4 aromatic carbocycles. The molecule has 0 radical (unpaired) electrons. The van der Waals surface area contributed by atoms with Gasteiger partial charge in [-0.05, 0) is 31.2 Å². The first-order chi connectivity index (χ1) is 18.8. The molecule has 0 heterocycles. The van der Waals surface area contributed by atoms with E-state index in [1.165, 1.54) is 24.3 Å². The lowest BCUT2D eigenvalue weighted by atomic mass is 9.82. The number of carbonyl (C=O) groups excluding carboxylic acids is 4. The summed E-state index contributed by atoms with van der Waals surface area (Å²) in [5.74, 6) is -3.20. The van der Waals surface area contributed by atoms with Crippen LogP contribution in [0.2, 0.25) is 0 Å². The van der Waals surface area contributed by atoms with Crippen LogP contribution in [0.1, 0.15) is 59.4 Å². The number of carbonyl (C=O) groups is 4.